The van der Waals surface area contributed by atoms with Gasteiger partial charge in [-0.15, -0.1) is 0 Å². The topological polar surface area (TPSA) is 181 Å². The molecule has 4 N–H and O–H groups in total. The zero-order chi connectivity index (χ0) is 20.8. The number of oxime groups is 1. The van der Waals surface area contributed by atoms with Gasteiger partial charge in [0, 0.05) is 13.1 Å². The normalized spacial score (nSPS) is 20.7. The minimum atomic E-state index is -1.57. The predicted octanol–water partition coefficient (Wildman–Crippen LogP) is -0.763. The van der Waals surface area contributed by atoms with Crippen LogP contribution >= 0.6 is 0 Å². The molecule has 0 spiro atoms. The smallest absolute Gasteiger partial charge is 0.408 e. The maximum Gasteiger partial charge on any atom is 0.408 e. The van der Waals surface area contributed by atoms with E-state index in [1.807, 2.05) is 0 Å². The molecule has 27 heavy (non-hydrogen) atoms. The van der Waals surface area contributed by atoms with Crippen molar-refractivity contribution in [3.05, 3.63) is 11.8 Å². The molecule has 0 aromatic rings. The second-order valence-corrected chi connectivity index (χ2v) is 5.50. The number of carbonyl (C=O) groups is 4. The van der Waals surface area contributed by atoms with Gasteiger partial charge in [0.25, 0.3) is 0 Å². The standard InChI is InChI=1S/C14H20N4O9/c1-14(7-17(12(21)22)4-5-18(14)13(23)24)11(15)16-27-8(10(20)26-3)6-9(19)25-2/h6H,4-5,7H2,1-3H3,(H2,15,16)(H,21,22)(H,23,24)/b8-6+. The summed E-state index contributed by atoms with van der Waals surface area (Å²) in [6.45, 7) is 0.819. The van der Waals surface area contributed by atoms with Gasteiger partial charge < -0.3 is 35.2 Å². The Hall–Kier alpha value is -3.51. The number of piperazine rings is 1. The number of nitrogens with zero attached hydrogens (tertiary/aromatic N) is 3. The van der Waals surface area contributed by atoms with Gasteiger partial charge in [0.05, 0.1) is 26.8 Å². The summed E-state index contributed by atoms with van der Waals surface area (Å²) in [5.41, 5.74) is 4.26. The maximum absolute atomic E-state index is 11.6. The Morgan fingerprint density at radius 2 is 1.74 bits per heavy atom. The Bertz CT molecular complexity index is 690. The maximum atomic E-state index is 11.6. The average molecular weight is 388 g/mol. The van der Waals surface area contributed by atoms with Crippen molar-refractivity contribution in [3.8, 4) is 0 Å². The van der Waals surface area contributed by atoms with Gasteiger partial charge in [-0.2, -0.15) is 0 Å². The molecule has 13 heteroatoms. The van der Waals surface area contributed by atoms with Gasteiger partial charge in [-0.1, -0.05) is 5.16 Å². The fraction of sp³-hybridized carbons (Fsp3) is 0.500. The van der Waals surface area contributed by atoms with Crippen LogP contribution in [0, 0.1) is 0 Å². The third-order valence-corrected chi connectivity index (χ3v) is 3.82. The van der Waals surface area contributed by atoms with Crippen LogP contribution in [0.1, 0.15) is 6.92 Å². The fourth-order valence-corrected chi connectivity index (χ4v) is 2.28. The highest BCUT2D eigenvalue weighted by molar-refractivity contribution is 5.95. The SMILES string of the molecule is COC(=O)/C=C(/O/N=C(/N)C1(C)CN(C(=O)O)CCN1C(=O)O)C(=O)OC. The molecule has 13 nitrogen and oxygen atoms in total. The van der Waals surface area contributed by atoms with Crippen molar-refractivity contribution in [2.45, 2.75) is 12.5 Å². The Morgan fingerprint density at radius 3 is 2.22 bits per heavy atom. The van der Waals surface area contributed by atoms with E-state index in [2.05, 4.69) is 14.6 Å². The summed E-state index contributed by atoms with van der Waals surface area (Å²) in [5.74, 6) is -3.09. The van der Waals surface area contributed by atoms with Crippen molar-refractivity contribution in [1.29, 1.82) is 0 Å². The summed E-state index contributed by atoms with van der Waals surface area (Å²) < 4.78 is 8.79. The second kappa shape index (κ2) is 8.73. The molecule has 1 aliphatic rings. The van der Waals surface area contributed by atoms with Crippen LogP contribution in [-0.2, 0) is 23.9 Å². The van der Waals surface area contributed by atoms with Crippen molar-refractivity contribution < 1.29 is 43.7 Å². The number of nitrogens with two attached hydrogens (primary N) is 1. The number of esters is 2. The lowest BCUT2D eigenvalue weighted by molar-refractivity contribution is -0.142. The van der Waals surface area contributed by atoms with Crippen molar-refractivity contribution in [2.75, 3.05) is 33.9 Å². The Kier molecular flexibility index (Phi) is 6.96. The molecule has 2 amide bonds. The molecule has 0 saturated carbocycles. The first kappa shape index (κ1) is 21.5. The fourth-order valence-electron chi connectivity index (χ4n) is 2.28. The summed E-state index contributed by atoms with van der Waals surface area (Å²) in [4.78, 5) is 52.3. The number of hydrogen-bond donors (Lipinski definition) is 3. The van der Waals surface area contributed by atoms with E-state index in [0.717, 1.165) is 24.0 Å². The van der Waals surface area contributed by atoms with Crippen LogP contribution in [0.2, 0.25) is 0 Å². The summed E-state index contributed by atoms with van der Waals surface area (Å²) in [7, 11) is 2.10. The number of amides is 2. The molecule has 1 fully saturated rings. The molecule has 150 valence electrons. The second-order valence-electron chi connectivity index (χ2n) is 5.50. The molecular weight excluding hydrogens is 368 g/mol. The lowest BCUT2D eigenvalue weighted by Crippen LogP contribution is -2.68. The third kappa shape index (κ3) is 4.99. The van der Waals surface area contributed by atoms with Crippen molar-refractivity contribution >= 4 is 30.0 Å². The quantitative estimate of drug-likeness (QED) is 0.135. The molecule has 0 aromatic heterocycles. The summed E-state index contributed by atoms with van der Waals surface area (Å²) in [6, 6.07) is 0. The van der Waals surface area contributed by atoms with Gasteiger partial charge in [0.15, 0.2) is 5.84 Å². The zero-order valence-electron chi connectivity index (χ0n) is 14.9. The highest BCUT2D eigenvalue weighted by atomic mass is 16.7. The van der Waals surface area contributed by atoms with E-state index < -0.39 is 41.3 Å². The average Bonchev–Trinajstić information content (AvgIpc) is 2.63. The van der Waals surface area contributed by atoms with Gasteiger partial charge >= 0.3 is 24.1 Å². The van der Waals surface area contributed by atoms with E-state index in [-0.39, 0.29) is 19.6 Å². The number of rotatable bonds is 5. The largest absolute Gasteiger partial charge is 0.466 e. The van der Waals surface area contributed by atoms with E-state index in [9.17, 15) is 24.3 Å². The van der Waals surface area contributed by atoms with E-state index in [1.54, 1.807) is 0 Å². The number of carbonyl (C=O) groups excluding carboxylic acids is 2. The Morgan fingerprint density at radius 1 is 1.11 bits per heavy atom. The lowest BCUT2D eigenvalue weighted by atomic mass is 9.95. The first-order valence-corrected chi connectivity index (χ1v) is 7.44. The number of hydrogen-bond acceptors (Lipinski definition) is 8. The van der Waals surface area contributed by atoms with Crippen LogP contribution in [0.15, 0.2) is 17.0 Å². The summed E-state index contributed by atoms with van der Waals surface area (Å²) >= 11 is 0. The van der Waals surface area contributed by atoms with Crippen LogP contribution < -0.4 is 5.73 Å². The van der Waals surface area contributed by atoms with Crippen molar-refractivity contribution in [2.24, 2.45) is 10.9 Å². The molecule has 0 aromatic carbocycles. The van der Waals surface area contributed by atoms with Gasteiger partial charge in [-0.05, 0) is 6.92 Å². The van der Waals surface area contributed by atoms with E-state index >= 15 is 0 Å². The summed E-state index contributed by atoms with van der Waals surface area (Å²) in [5, 5.41) is 22.0. The highest BCUT2D eigenvalue weighted by Crippen LogP contribution is 2.23. The zero-order valence-corrected chi connectivity index (χ0v) is 14.9. The van der Waals surface area contributed by atoms with Gasteiger partial charge in [-0.3, -0.25) is 4.90 Å². The Balaban J connectivity index is 3.18. The van der Waals surface area contributed by atoms with Crippen LogP contribution in [0.5, 0.6) is 0 Å². The van der Waals surface area contributed by atoms with Crippen molar-refractivity contribution in [1.82, 2.24) is 9.80 Å². The number of methoxy groups -OCH3 is 2. The van der Waals surface area contributed by atoms with E-state index in [1.165, 1.54) is 6.92 Å². The predicted molar refractivity (Wildman–Crippen MR) is 87.6 cm³/mol. The molecule has 1 aliphatic heterocycles. The van der Waals surface area contributed by atoms with Crippen molar-refractivity contribution in [3.63, 3.8) is 0 Å². The van der Waals surface area contributed by atoms with E-state index in [4.69, 9.17) is 15.7 Å². The van der Waals surface area contributed by atoms with E-state index in [0.29, 0.717) is 6.08 Å². The molecule has 1 unspecified atom stereocenters. The molecule has 1 rings (SSSR count). The number of carboxylic acid groups (broad SMARTS) is 2. The number of amidine groups is 1. The summed E-state index contributed by atoms with van der Waals surface area (Å²) in [6.07, 6.45) is -1.95. The Labute approximate surface area is 153 Å². The first-order valence-electron chi connectivity index (χ1n) is 7.44. The van der Waals surface area contributed by atoms with Gasteiger partial charge in [0.2, 0.25) is 5.76 Å². The molecule has 0 aliphatic carbocycles. The lowest BCUT2D eigenvalue weighted by Gasteiger charge is -2.45. The minimum Gasteiger partial charge on any atom is -0.466 e. The highest BCUT2D eigenvalue weighted by Gasteiger charge is 2.46. The number of ether oxygens (including phenoxy) is 2. The third-order valence-electron chi connectivity index (χ3n) is 3.82. The van der Waals surface area contributed by atoms with Crippen LogP contribution in [-0.4, -0.2) is 89.4 Å². The minimum absolute atomic E-state index is 0.0545. The molecule has 0 bridgehead atoms. The monoisotopic (exact) mass is 388 g/mol. The molecule has 0 radical (unpaired) electrons. The van der Waals surface area contributed by atoms with Gasteiger partial charge in [-0.25, -0.2) is 19.2 Å². The first-order chi connectivity index (χ1) is 12.6. The molecule has 1 heterocycles. The molecular formula is C14H20N4O9. The molecule has 1 atom stereocenters. The van der Waals surface area contributed by atoms with Crippen LogP contribution in [0.4, 0.5) is 9.59 Å². The van der Waals surface area contributed by atoms with Gasteiger partial charge in [0.1, 0.15) is 5.54 Å². The van der Waals surface area contributed by atoms with Crippen LogP contribution in [0.25, 0.3) is 0 Å². The van der Waals surface area contributed by atoms with Crippen LogP contribution in [0.3, 0.4) is 0 Å². The molecule has 1 saturated heterocycles.